The summed E-state index contributed by atoms with van der Waals surface area (Å²) in [5.74, 6) is 0.851. The molecule has 1 aromatic rings. The topological polar surface area (TPSA) is 53.2 Å². The van der Waals surface area contributed by atoms with Crippen LogP contribution in [0.5, 0.6) is 5.75 Å². The zero-order valence-electron chi connectivity index (χ0n) is 10.9. The molecular formula is C15H19NO2. The van der Waals surface area contributed by atoms with Gasteiger partial charge in [-0.15, -0.1) is 0 Å². The summed E-state index contributed by atoms with van der Waals surface area (Å²) in [4.78, 5) is 0. The first-order chi connectivity index (χ1) is 8.56. The molecule has 1 N–H and O–H groups in total. The Labute approximate surface area is 108 Å². The Kier molecular flexibility index (Phi) is 3.58. The number of aliphatic hydroxyl groups excluding tert-OH is 1. The van der Waals surface area contributed by atoms with Crippen molar-refractivity contribution in [1.82, 2.24) is 0 Å². The Hall–Kier alpha value is -1.53. The highest BCUT2D eigenvalue weighted by Gasteiger charge is 2.43. The summed E-state index contributed by atoms with van der Waals surface area (Å²) in [6.07, 6.45) is 2.31. The molecule has 1 atom stereocenters. The summed E-state index contributed by atoms with van der Waals surface area (Å²) >= 11 is 0. The van der Waals surface area contributed by atoms with Gasteiger partial charge in [-0.05, 0) is 49.9 Å². The second-order valence-corrected chi connectivity index (χ2v) is 5.32. The largest absolute Gasteiger partial charge is 0.493 e. The number of aliphatic hydroxyl groups is 1. The lowest BCUT2D eigenvalue weighted by Gasteiger charge is -2.15. The highest BCUT2D eigenvalue weighted by atomic mass is 16.5. The second kappa shape index (κ2) is 4.99. The van der Waals surface area contributed by atoms with E-state index in [1.165, 1.54) is 0 Å². The lowest BCUT2D eigenvalue weighted by molar-refractivity contribution is 0.198. The SMILES string of the molecule is Cc1cc(C(C)O)ccc1OCC1(CC#N)CC1. The molecule has 1 aliphatic rings. The molecule has 1 fully saturated rings. The predicted molar refractivity (Wildman–Crippen MR) is 69.2 cm³/mol. The quantitative estimate of drug-likeness (QED) is 0.867. The number of rotatable bonds is 5. The summed E-state index contributed by atoms with van der Waals surface area (Å²) in [6, 6.07) is 7.97. The molecule has 1 saturated carbocycles. The first-order valence-corrected chi connectivity index (χ1v) is 6.35. The first kappa shape index (κ1) is 12.9. The normalized spacial score (nSPS) is 17.9. The van der Waals surface area contributed by atoms with Crippen LogP contribution in [0.3, 0.4) is 0 Å². The Morgan fingerprint density at radius 2 is 2.22 bits per heavy atom. The molecule has 0 amide bonds. The summed E-state index contributed by atoms with van der Waals surface area (Å²) in [5.41, 5.74) is 2.03. The van der Waals surface area contributed by atoms with Crippen LogP contribution in [0.25, 0.3) is 0 Å². The van der Waals surface area contributed by atoms with Gasteiger partial charge in [-0.25, -0.2) is 0 Å². The Balaban J connectivity index is 2.00. The van der Waals surface area contributed by atoms with Gasteiger partial charge in [-0.3, -0.25) is 0 Å². The molecule has 96 valence electrons. The molecule has 0 bridgehead atoms. The van der Waals surface area contributed by atoms with Crippen LogP contribution < -0.4 is 4.74 Å². The van der Waals surface area contributed by atoms with Crippen LogP contribution in [0.2, 0.25) is 0 Å². The third-order valence-electron chi connectivity index (χ3n) is 3.63. The van der Waals surface area contributed by atoms with Gasteiger partial charge in [0.05, 0.1) is 18.8 Å². The van der Waals surface area contributed by atoms with Crippen molar-refractivity contribution in [3.05, 3.63) is 29.3 Å². The van der Waals surface area contributed by atoms with Crippen LogP contribution in [0.4, 0.5) is 0 Å². The number of ether oxygens (including phenoxy) is 1. The highest BCUT2D eigenvalue weighted by Crippen LogP contribution is 2.48. The zero-order chi connectivity index (χ0) is 13.2. The molecule has 18 heavy (non-hydrogen) atoms. The molecule has 3 heteroatoms. The number of hydrogen-bond acceptors (Lipinski definition) is 3. The van der Waals surface area contributed by atoms with Crippen LogP contribution in [-0.2, 0) is 0 Å². The third kappa shape index (κ3) is 2.83. The van der Waals surface area contributed by atoms with E-state index in [1.807, 2.05) is 25.1 Å². The molecule has 0 saturated heterocycles. The number of benzene rings is 1. The van der Waals surface area contributed by atoms with Gasteiger partial charge >= 0.3 is 0 Å². The smallest absolute Gasteiger partial charge is 0.122 e. The van der Waals surface area contributed by atoms with Crippen molar-refractivity contribution in [2.45, 2.75) is 39.2 Å². The van der Waals surface area contributed by atoms with Gasteiger partial charge in [-0.1, -0.05) is 6.07 Å². The first-order valence-electron chi connectivity index (χ1n) is 6.35. The van der Waals surface area contributed by atoms with Crippen LogP contribution in [0.15, 0.2) is 18.2 Å². The van der Waals surface area contributed by atoms with Gasteiger partial charge in [0.2, 0.25) is 0 Å². The van der Waals surface area contributed by atoms with Crippen LogP contribution in [-0.4, -0.2) is 11.7 Å². The maximum absolute atomic E-state index is 9.50. The minimum atomic E-state index is -0.453. The van der Waals surface area contributed by atoms with Crippen molar-refractivity contribution in [1.29, 1.82) is 5.26 Å². The molecule has 0 spiro atoms. The van der Waals surface area contributed by atoms with E-state index in [-0.39, 0.29) is 5.41 Å². The van der Waals surface area contributed by atoms with Gasteiger partial charge in [0.15, 0.2) is 0 Å². The van der Waals surface area contributed by atoms with Crippen LogP contribution in [0.1, 0.15) is 43.4 Å². The van der Waals surface area contributed by atoms with E-state index in [1.54, 1.807) is 6.92 Å². The Morgan fingerprint density at radius 3 is 2.72 bits per heavy atom. The fourth-order valence-corrected chi connectivity index (χ4v) is 2.04. The minimum Gasteiger partial charge on any atom is -0.493 e. The number of hydrogen-bond donors (Lipinski definition) is 1. The van der Waals surface area contributed by atoms with E-state index >= 15 is 0 Å². The summed E-state index contributed by atoms with van der Waals surface area (Å²) in [5, 5.41) is 18.3. The van der Waals surface area contributed by atoms with Gasteiger partial charge < -0.3 is 9.84 Å². The van der Waals surface area contributed by atoms with E-state index in [0.29, 0.717) is 13.0 Å². The molecule has 0 aromatic heterocycles. The van der Waals surface area contributed by atoms with Crippen LogP contribution in [0, 0.1) is 23.7 Å². The second-order valence-electron chi connectivity index (χ2n) is 5.32. The predicted octanol–water partition coefficient (Wildman–Crippen LogP) is 3.12. The van der Waals surface area contributed by atoms with Gasteiger partial charge in [0, 0.05) is 11.8 Å². The van der Waals surface area contributed by atoms with Crippen molar-refractivity contribution in [2.24, 2.45) is 5.41 Å². The van der Waals surface area contributed by atoms with Crippen LogP contribution >= 0.6 is 0 Å². The highest BCUT2D eigenvalue weighted by molar-refractivity contribution is 5.37. The maximum Gasteiger partial charge on any atom is 0.122 e. The van der Waals surface area contributed by atoms with E-state index in [2.05, 4.69) is 6.07 Å². The van der Waals surface area contributed by atoms with E-state index in [4.69, 9.17) is 10.00 Å². The average molecular weight is 245 g/mol. The van der Waals surface area contributed by atoms with Gasteiger partial charge in [0.1, 0.15) is 5.75 Å². The van der Waals surface area contributed by atoms with Gasteiger partial charge in [0.25, 0.3) is 0 Å². The number of aryl methyl sites for hydroxylation is 1. The fraction of sp³-hybridized carbons (Fsp3) is 0.533. The molecule has 0 radical (unpaired) electrons. The molecule has 2 rings (SSSR count). The Morgan fingerprint density at radius 1 is 1.50 bits per heavy atom. The maximum atomic E-state index is 9.50. The Bertz CT molecular complexity index is 470. The van der Waals surface area contributed by atoms with Crippen molar-refractivity contribution in [3.63, 3.8) is 0 Å². The molecule has 3 nitrogen and oxygen atoms in total. The standard InChI is InChI=1S/C15H19NO2/c1-11-9-13(12(2)17)3-4-14(11)18-10-15(5-6-15)7-8-16/h3-4,9,12,17H,5-7,10H2,1-2H3. The molecule has 0 heterocycles. The number of nitriles is 1. The minimum absolute atomic E-state index is 0.101. The zero-order valence-corrected chi connectivity index (χ0v) is 10.9. The van der Waals surface area contributed by atoms with E-state index < -0.39 is 6.10 Å². The lowest BCUT2D eigenvalue weighted by Crippen LogP contribution is -2.13. The molecule has 1 aromatic carbocycles. The van der Waals surface area contributed by atoms with Crippen molar-refractivity contribution in [3.8, 4) is 11.8 Å². The summed E-state index contributed by atoms with van der Waals surface area (Å²) < 4.78 is 5.82. The molecule has 1 unspecified atom stereocenters. The fourth-order valence-electron chi connectivity index (χ4n) is 2.04. The molecule has 1 aliphatic carbocycles. The van der Waals surface area contributed by atoms with E-state index in [0.717, 1.165) is 29.7 Å². The third-order valence-corrected chi connectivity index (χ3v) is 3.63. The van der Waals surface area contributed by atoms with Crippen molar-refractivity contribution < 1.29 is 9.84 Å². The monoisotopic (exact) mass is 245 g/mol. The number of nitrogens with zero attached hydrogens (tertiary/aromatic N) is 1. The van der Waals surface area contributed by atoms with Crippen molar-refractivity contribution in [2.75, 3.05) is 6.61 Å². The summed E-state index contributed by atoms with van der Waals surface area (Å²) in [6.45, 7) is 4.35. The molecule has 0 aliphatic heterocycles. The van der Waals surface area contributed by atoms with Crippen molar-refractivity contribution >= 4 is 0 Å². The average Bonchev–Trinajstić information content (AvgIpc) is 3.08. The lowest BCUT2D eigenvalue weighted by atomic mass is 10.0. The molecular weight excluding hydrogens is 226 g/mol. The van der Waals surface area contributed by atoms with E-state index in [9.17, 15) is 5.11 Å². The van der Waals surface area contributed by atoms with Gasteiger partial charge in [-0.2, -0.15) is 5.26 Å². The summed E-state index contributed by atoms with van der Waals surface area (Å²) in [7, 11) is 0.